The van der Waals surface area contributed by atoms with Gasteiger partial charge in [-0.3, -0.25) is 9.59 Å². The van der Waals surface area contributed by atoms with Crippen molar-refractivity contribution in [3.05, 3.63) is 28.3 Å². The van der Waals surface area contributed by atoms with Crippen LogP contribution in [0, 0.1) is 19.3 Å². The van der Waals surface area contributed by atoms with E-state index >= 15 is 0 Å². The fourth-order valence-corrected chi connectivity index (χ4v) is 2.91. The number of carbonyl (C=O) groups excluding carboxylic acids is 2. The van der Waals surface area contributed by atoms with Crippen LogP contribution in [0.15, 0.2) is 12.1 Å². The molecule has 0 bridgehead atoms. The van der Waals surface area contributed by atoms with Gasteiger partial charge in [-0.2, -0.15) is 0 Å². The lowest BCUT2D eigenvalue weighted by molar-refractivity contribution is -0.134. The van der Waals surface area contributed by atoms with Crippen molar-refractivity contribution in [1.29, 1.82) is 0 Å². The van der Waals surface area contributed by atoms with Crippen LogP contribution in [0.4, 0.5) is 5.69 Å². The van der Waals surface area contributed by atoms with Gasteiger partial charge in [0.2, 0.25) is 11.8 Å². The zero-order valence-electron chi connectivity index (χ0n) is 12.3. The summed E-state index contributed by atoms with van der Waals surface area (Å²) in [6.45, 7) is 3.86. The van der Waals surface area contributed by atoms with Crippen molar-refractivity contribution >= 4 is 29.1 Å². The first-order chi connectivity index (χ1) is 9.92. The molecule has 2 fully saturated rings. The summed E-state index contributed by atoms with van der Waals surface area (Å²) in [6, 6.07) is 4.05. The number of halogens is 1. The highest BCUT2D eigenvalue weighted by Gasteiger charge is 2.57. The Morgan fingerprint density at radius 1 is 1.19 bits per heavy atom. The molecule has 112 valence electrons. The highest BCUT2D eigenvalue weighted by atomic mass is 35.5. The molecule has 2 aliphatic rings. The van der Waals surface area contributed by atoms with Gasteiger partial charge >= 0.3 is 0 Å². The van der Waals surface area contributed by atoms with Crippen LogP contribution in [0.5, 0.6) is 0 Å². The van der Waals surface area contributed by atoms with E-state index in [2.05, 4.69) is 10.6 Å². The van der Waals surface area contributed by atoms with E-state index in [4.69, 9.17) is 11.6 Å². The summed E-state index contributed by atoms with van der Waals surface area (Å²) < 4.78 is 0. The maximum atomic E-state index is 12.5. The molecule has 4 nitrogen and oxygen atoms in total. The molecule has 5 heteroatoms. The summed E-state index contributed by atoms with van der Waals surface area (Å²) in [6.07, 6.45) is 3.26. The lowest BCUT2D eigenvalue weighted by atomic mass is 10.0. The molecule has 3 rings (SSSR count). The van der Waals surface area contributed by atoms with Crippen molar-refractivity contribution in [2.24, 2.45) is 5.41 Å². The fraction of sp³-hybridized carbons (Fsp3) is 0.500. The number of nitrogens with one attached hydrogen (secondary N) is 2. The van der Waals surface area contributed by atoms with Crippen molar-refractivity contribution in [3.63, 3.8) is 0 Å². The van der Waals surface area contributed by atoms with Gasteiger partial charge in [0.05, 0.1) is 10.7 Å². The Bertz CT molecular complexity index is 596. The van der Waals surface area contributed by atoms with E-state index in [0.717, 1.165) is 24.0 Å². The van der Waals surface area contributed by atoms with Crippen LogP contribution in [0.1, 0.15) is 36.8 Å². The molecule has 2 amide bonds. The summed E-state index contributed by atoms with van der Waals surface area (Å²) in [5.74, 6) is -0.377. The molecule has 0 radical (unpaired) electrons. The van der Waals surface area contributed by atoms with E-state index < -0.39 is 5.41 Å². The molecule has 2 aliphatic carbocycles. The Morgan fingerprint density at radius 2 is 1.86 bits per heavy atom. The number of anilines is 1. The van der Waals surface area contributed by atoms with Gasteiger partial charge in [0.15, 0.2) is 0 Å². The average molecular weight is 307 g/mol. The van der Waals surface area contributed by atoms with E-state index in [-0.39, 0.29) is 17.9 Å². The number of hydrogen-bond donors (Lipinski definition) is 2. The maximum Gasteiger partial charge on any atom is 0.240 e. The summed E-state index contributed by atoms with van der Waals surface area (Å²) in [7, 11) is 0. The third kappa shape index (κ3) is 2.77. The molecular weight excluding hydrogens is 288 g/mol. The van der Waals surface area contributed by atoms with Crippen LogP contribution in [0.3, 0.4) is 0 Å². The smallest absolute Gasteiger partial charge is 0.240 e. The minimum absolute atomic E-state index is 0.136. The predicted octanol–water partition coefficient (Wildman–Crippen LogP) is 2.95. The Morgan fingerprint density at radius 3 is 2.38 bits per heavy atom. The number of carbonyl (C=O) groups is 2. The van der Waals surface area contributed by atoms with Crippen LogP contribution in [-0.2, 0) is 9.59 Å². The van der Waals surface area contributed by atoms with Crippen LogP contribution in [0.2, 0.25) is 5.02 Å². The van der Waals surface area contributed by atoms with E-state index in [1.54, 1.807) is 0 Å². The Kier molecular flexibility index (Phi) is 3.44. The van der Waals surface area contributed by atoms with Crippen molar-refractivity contribution in [1.82, 2.24) is 5.32 Å². The second-order valence-electron chi connectivity index (χ2n) is 6.22. The van der Waals surface area contributed by atoms with Gasteiger partial charge in [-0.05, 0) is 56.7 Å². The van der Waals surface area contributed by atoms with Gasteiger partial charge in [-0.25, -0.2) is 0 Å². The largest absolute Gasteiger partial charge is 0.352 e. The summed E-state index contributed by atoms with van der Waals surface area (Å²) in [4.78, 5) is 24.7. The average Bonchev–Trinajstić information content (AvgIpc) is 3.25. The van der Waals surface area contributed by atoms with Gasteiger partial charge in [0.1, 0.15) is 5.41 Å². The number of hydrogen-bond acceptors (Lipinski definition) is 2. The third-order valence-electron chi connectivity index (χ3n) is 4.20. The molecular formula is C16H19ClN2O2. The van der Waals surface area contributed by atoms with E-state index in [0.29, 0.717) is 23.6 Å². The van der Waals surface area contributed by atoms with Crippen molar-refractivity contribution in [2.45, 2.75) is 45.6 Å². The highest BCUT2D eigenvalue weighted by molar-refractivity contribution is 6.34. The molecule has 0 atom stereocenters. The van der Waals surface area contributed by atoms with Gasteiger partial charge in [-0.15, -0.1) is 0 Å². The molecule has 1 aromatic carbocycles. The van der Waals surface area contributed by atoms with E-state index in [9.17, 15) is 9.59 Å². The van der Waals surface area contributed by atoms with Crippen LogP contribution >= 0.6 is 11.6 Å². The molecule has 21 heavy (non-hydrogen) atoms. The lowest BCUT2D eigenvalue weighted by Gasteiger charge is -2.17. The zero-order chi connectivity index (χ0) is 15.2. The Hall–Kier alpha value is -1.55. The maximum absolute atomic E-state index is 12.5. The van der Waals surface area contributed by atoms with Gasteiger partial charge in [0, 0.05) is 6.04 Å². The second-order valence-corrected chi connectivity index (χ2v) is 6.63. The number of amides is 2. The van der Waals surface area contributed by atoms with E-state index in [1.807, 2.05) is 26.0 Å². The first-order valence-corrected chi connectivity index (χ1v) is 7.69. The molecule has 0 spiro atoms. The quantitative estimate of drug-likeness (QED) is 0.840. The van der Waals surface area contributed by atoms with Crippen LogP contribution in [-0.4, -0.2) is 17.9 Å². The van der Waals surface area contributed by atoms with Crippen molar-refractivity contribution in [3.8, 4) is 0 Å². The SMILES string of the molecule is Cc1cc(C)c(NC(=O)C2(C(=O)NC3CC3)CC2)c(Cl)c1. The Balaban J connectivity index is 1.75. The monoisotopic (exact) mass is 306 g/mol. The minimum atomic E-state index is -0.886. The summed E-state index contributed by atoms with van der Waals surface area (Å²) in [5.41, 5.74) is 1.68. The molecule has 0 saturated heterocycles. The molecule has 1 aromatic rings. The van der Waals surface area contributed by atoms with Crippen LogP contribution in [0.25, 0.3) is 0 Å². The van der Waals surface area contributed by atoms with Gasteiger partial charge in [0.25, 0.3) is 0 Å². The molecule has 0 aromatic heterocycles. The topological polar surface area (TPSA) is 58.2 Å². The molecule has 2 saturated carbocycles. The summed E-state index contributed by atoms with van der Waals surface area (Å²) >= 11 is 6.21. The standard InChI is InChI=1S/C16H19ClN2O2/c1-9-7-10(2)13(12(17)8-9)19-15(21)16(5-6-16)14(20)18-11-3-4-11/h7-8,11H,3-6H2,1-2H3,(H,18,20)(H,19,21). The number of benzene rings is 1. The lowest BCUT2D eigenvalue weighted by Crippen LogP contribution is -2.41. The van der Waals surface area contributed by atoms with Crippen molar-refractivity contribution in [2.75, 3.05) is 5.32 Å². The second kappa shape index (κ2) is 5.02. The Labute approximate surface area is 129 Å². The van der Waals surface area contributed by atoms with Crippen LogP contribution < -0.4 is 10.6 Å². The third-order valence-corrected chi connectivity index (χ3v) is 4.50. The van der Waals surface area contributed by atoms with E-state index in [1.165, 1.54) is 0 Å². The fourth-order valence-electron chi connectivity index (χ4n) is 2.54. The summed E-state index contributed by atoms with van der Waals surface area (Å²) in [5, 5.41) is 6.29. The van der Waals surface area contributed by atoms with Gasteiger partial charge < -0.3 is 10.6 Å². The van der Waals surface area contributed by atoms with Gasteiger partial charge in [-0.1, -0.05) is 17.7 Å². The molecule has 2 N–H and O–H groups in total. The first kappa shape index (κ1) is 14.4. The highest BCUT2D eigenvalue weighted by Crippen LogP contribution is 2.47. The molecule has 0 unspecified atom stereocenters. The number of rotatable bonds is 4. The van der Waals surface area contributed by atoms with Crippen molar-refractivity contribution < 1.29 is 9.59 Å². The molecule has 0 aliphatic heterocycles. The first-order valence-electron chi connectivity index (χ1n) is 7.31. The predicted molar refractivity (Wildman–Crippen MR) is 82.4 cm³/mol. The minimum Gasteiger partial charge on any atom is -0.352 e. The normalized spacial score (nSPS) is 19.0. The molecule has 0 heterocycles. The zero-order valence-corrected chi connectivity index (χ0v) is 13.0. The number of aryl methyl sites for hydroxylation is 2.